The van der Waals surface area contributed by atoms with Crippen LogP contribution in [-0.2, 0) is 4.79 Å². The number of aliphatic carboxylic acids is 1. The Bertz CT molecular complexity index is 504. The summed E-state index contributed by atoms with van der Waals surface area (Å²) in [5, 5.41) is 11.9. The predicted molar refractivity (Wildman–Crippen MR) is 79.0 cm³/mol. The van der Waals surface area contributed by atoms with Crippen molar-refractivity contribution in [3.05, 3.63) is 35.9 Å². The molecule has 0 saturated carbocycles. The fourth-order valence-corrected chi connectivity index (χ4v) is 2.50. The molecule has 0 bridgehead atoms. The number of carboxylic acid groups (broad SMARTS) is 1. The molecule has 21 heavy (non-hydrogen) atoms. The van der Waals surface area contributed by atoms with Crippen LogP contribution in [0.2, 0.25) is 0 Å². The van der Waals surface area contributed by atoms with E-state index in [0.29, 0.717) is 24.7 Å². The van der Waals surface area contributed by atoms with Crippen LogP contribution in [0.25, 0.3) is 0 Å². The highest BCUT2D eigenvalue weighted by molar-refractivity contribution is 5.83. The molecule has 0 aromatic heterocycles. The minimum absolute atomic E-state index is 0.324. The normalized spacial score (nSPS) is 19.6. The molecular formula is C15H21N3O3. The number of carbonyl (C=O) groups is 2. The number of likely N-dealkylation sites (N-methyl/N-ethyl adjacent to an activating group) is 1. The number of rotatable bonds is 4. The summed E-state index contributed by atoms with van der Waals surface area (Å²) in [5.74, 6) is -1.06. The summed E-state index contributed by atoms with van der Waals surface area (Å²) in [6, 6.07) is 7.72. The van der Waals surface area contributed by atoms with Gasteiger partial charge in [0.15, 0.2) is 6.04 Å². The van der Waals surface area contributed by atoms with E-state index < -0.39 is 12.0 Å². The quantitative estimate of drug-likeness (QED) is 0.873. The van der Waals surface area contributed by atoms with Crippen LogP contribution < -0.4 is 5.32 Å². The first-order valence-electron chi connectivity index (χ1n) is 6.98. The molecule has 0 aliphatic carbocycles. The van der Waals surface area contributed by atoms with Gasteiger partial charge in [-0.1, -0.05) is 30.3 Å². The molecule has 0 radical (unpaired) electrons. The Morgan fingerprint density at radius 2 is 2.00 bits per heavy atom. The average Bonchev–Trinajstić information content (AvgIpc) is 2.95. The Labute approximate surface area is 124 Å². The lowest BCUT2D eigenvalue weighted by Crippen LogP contribution is -2.44. The van der Waals surface area contributed by atoms with Crippen LogP contribution in [0.4, 0.5) is 4.79 Å². The molecule has 1 saturated heterocycles. The summed E-state index contributed by atoms with van der Waals surface area (Å²) >= 11 is 0. The predicted octanol–water partition coefficient (Wildman–Crippen LogP) is 1.16. The van der Waals surface area contributed by atoms with Crippen molar-refractivity contribution in [3.63, 3.8) is 0 Å². The van der Waals surface area contributed by atoms with Crippen molar-refractivity contribution in [2.45, 2.75) is 18.5 Å². The van der Waals surface area contributed by atoms with Gasteiger partial charge < -0.3 is 20.2 Å². The molecule has 1 unspecified atom stereocenters. The number of urea groups is 1. The van der Waals surface area contributed by atoms with Crippen LogP contribution in [0.1, 0.15) is 18.0 Å². The number of hydrogen-bond donors (Lipinski definition) is 2. The van der Waals surface area contributed by atoms with E-state index in [-0.39, 0.29) is 6.03 Å². The van der Waals surface area contributed by atoms with Gasteiger partial charge in [0, 0.05) is 19.1 Å². The fraction of sp³-hybridized carbons (Fsp3) is 0.467. The third-order valence-corrected chi connectivity index (χ3v) is 3.83. The molecule has 1 heterocycles. The van der Waals surface area contributed by atoms with Crippen LogP contribution in [0.15, 0.2) is 30.3 Å². The van der Waals surface area contributed by atoms with E-state index in [4.69, 9.17) is 0 Å². The molecule has 6 heteroatoms. The van der Waals surface area contributed by atoms with Gasteiger partial charge in [-0.3, -0.25) is 0 Å². The zero-order valence-electron chi connectivity index (χ0n) is 12.3. The SMILES string of the molecule is CN(C)C1CCN(C(=O)N[C@@H](C(=O)O)c2ccccc2)C1. The van der Waals surface area contributed by atoms with Crippen molar-refractivity contribution < 1.29 is 14.7 Å². The number of likely N-dealkylation sites (tertiary alicyclic amines) is 1. The van der Waals surface area contributed by atoms with Gasteiger partial charge in [0.1, 0.15) is 0 Å². The minimum Gasteiger partial charge on any atom is -0.479 e. The highest BCUT2D eigenvalue weighted by atomic mass is 16.4. The van der Waals surface area contributed by atoms with Crippen LogP contribution in [0, 0.1) is 0 Å². The van der Waals surface area contributed by atoms with E-state index in [1.165, 1.54) is 0 Å². The van der Waals surface area contributed by atoms with Crippen molar-refractivity contribution in [2.75, 3.05) is 27.2 Å². The summed E-state index contributed by atoms with van der Waals surface area (Å²) < 4.78 is 0. The van der Waals surface area contributed by atoms with Gasteiger partial charge in [0.05, 0.1) is 0 Å². The van der Waals surface area contributed by atoms with Crippen molar-refractivity contribution in [3.8, 4) is 0 Å². The van der Waals surface area contributed by atoms with Crippen molar-refractivity contribution in [1.29, 1.82) is 0 Å². The molecule has 2 atom stereocenters. The minimum atomic E-state index is -1.06. The Kier molecular flexibility index (Phi) is 4.80. The van der Waals surface area contributed by atoms with Crippen LogP contribution in [-0.4, -0.2) is 60.1 Å². The molecular weight excluding hydrogens is 270 g/mol. The van der Waals surface area contributed by atoms with Gasteiger partial charge in [-0.25, -0.2) is 9.59 Å². The molecule has 2 amide bonds. The fourth-order valence-electron chi connectivity index (χ4n) is 2.50. The number of amides is 2. The maximum Gasteiger partial charge on any atom is 0.330 e. The van der Waals surface area contributed by atoms with Crippen molar-refractivity contribution >= 4 is 12.0 Å². The molecule has 1 fully saturated rings. The molecule has 6 nitrogen and oxygen atoms in total. The average molecular weight is 291 g/mol. The molecule has 2 N–H and O–H groups in total. The summed E-state index contributed by atoms with van der Waals surface area (Å²) in [7, 11) is 3.96. The third kappa shape index (κ3) is 3.72. The first kappa shape index (κ1) is 15.3. The molecule has 1 aliphatic heterocycles. The summed E-state index contributed by atoms with van der Waals surface area (Å²) in [6.45, 7) is 1.27. The Morgan fingerprint density at radius 1 is 1.33 bits per heavy atom. The lowest BCUT2D eigenvalue weighted by atomic mass is 10.1. The summed E-state index contributed by atoms with van der Waals surface area (Å²) in [6.07, 6.45) is 0.906. The number of carbonyl (C=O) groups excluding carboxylic acids is 1. The number of hydrogen-bond acceptors (Lipinski definition) is 3. The number of benzene rings is 1. The number of nitrogens with one attached hydrogen (secondary N) is 1. The van der Waals surface area contributed by atoms with Gasteiger partial charge in [0.25, 0.3) is 0 Å². The lowest BCUT2D eigenvalue weighted by molar-refractivity contribution is -0.139. The molecule has 1 aliphatic rings. The third-order valence-electron chi connectivity index (χ3n) is 3.83. The molecule has 0 spiro atoms. The molecule has 1 aromatic rings. The van der Waals surface area contributed by atoms with Crippen molar-refractivity contribution in [2.24, 2.45) is 0 Å². The largest absolute Gasteiger partial charge is 0.479 e. The second-order valence-electron chi connectivity index (χ2n) is 5.48. The monoisotopic (exact) mass is 291 g/mol. The van der Waals surface area contributed by atoms with Gasteiger partial charge >= 0.3 is 12.0 Å². The molecule has 114 valence electrons. The van der Waals surface area contributed by atoms with E-state index in [1.807, 2.05) is 20.2 Å². The van der Waals surface area contributed by atoms with Crippen LogP contribution >= 0.6 is 0 Å². The molecule has 2 rings (SSSR count). The first-order valence-corrected chi connectivity index (χ1v) is 6.98. The highest BCUT2D eigenvalue weighted by Crippen LogP contribution is 2.16. The van der Waals surface area contributed by atoms with Crippen LogP contribution in [0.5, 0.6) is 0 Å². The van der Waals surface area contributed by atoms with Crippen molar-refractivity contribution in [1.82, 2.24) is 15.1 Å². The zero-order valence-corrected chi connectivity index (χ0v) is 12.3. The Morgan fingerprint density at radius 3 is 2.52 bits per heavy atom. The van der Waals surface area contributed by atoms with Gasteiger partial charge in [-0.2, -0.15) is 0 Å². The lowest BCUT2D eigenvalue weighted by Gasteiger charge is -2.23. The van der Waals surface area contributed by atoms with E-state index >= 15 is 0 Å². The standard InChI is InChI=1S/C15H21N3O3/c1-17(2)12-8-9-18(10-12)15(21)16-13(14(19)20)11-6-4-3-5-7-11/h3-7,12-13H,8-10H2,1-2H3,(H,16,21)(H,19,20)/t12?,13-/m1/s1. The van der Waals surface area contributed by atoms with Crippen LogP contribution in [0.3, 0.4) is 0 Å². The second kappa shape index (κ2) is 6.58. The maximum atomic E-state index is 12.2. The van der Waals surface area contributed by atoms with Gasteiger partial charge in [-0.15, -0.1) is 0 Å². The maximum absolute atomic E-state index is 12.2. The van der Waals surface area contributed by atoms with Gasteiger partial charge in [0.2, 0.25) is 0 Å². The van der Waals surface area contributed by atoms with E-state index in [0.717, 1.165) is 6.42 Å². The zero-order chi connectivity index (χ0) is 15.4. The van der Waals surface area contributed by atoms with Gasteiger partial charge in [-0.05, 0) is 26.1 Å². The van der Waals surface area contributed by atoms with E-state index in [2.05, 4.69) is 10.2 Å². The number of carboxylic acids is 1. The molecule has 1 aromatic carbocycles. The number of nitrogens with zero attached hydrogens (tertiary/aromatic N) is 2. The Hall–Kier alpha value is -2.08. The first-order chi connectivity index (χ1) is 9.99. The topological polar surface area (TPSA) is 72.9 Å². The highest BCUT2D eigenvalue weighted by Gasteiger charge is 2.30. The van der Waals surface area contributed by atoms with E-state index in [1.54, 1.807) is 29.2 Å². The summed E-state index contributed by atoms with van der Waals surface area (Å²) in [4.78, 5) is 27.4. The smallest absolute Gasteiger partial charge is 0.330 e. The second-order valence-corrected chi connectivity index (χ2v) is 5.48. The summed E-state index contributed by atoms with van der Waals surface area (Å²) in [5.41, 5.74) is 0.571. The Balaban J connectivity index is 2.02. The van der Waals surface area contributed by atoms with E-state index in [9.17, 15) is 14.7 Å².